The number of para-hydroxylation sites is 1. The Hall–Kier alpha value is -1.63. The minimum Gasteiger partial charge on any atom is -0.854 e. The number of morpholine rings is 1. The molecular weight excluding hydrogens is 284 g/mol. The highest BCUT2D eigenvalue weighted by molar-refractivity contribution is 5.93. The van der Waals surface area contributed by atoms with Gasteiger partial charge in [0, 0.05) is 5.56 Å². The summed E-state index contributed by atoms with van der Waals surface area (Å²) >= 11 is 0. The molecule has 0 saturated carbocycles. The standard InChI is InChI=1S/C16H24N2O4/c1-3-13(19)12-18(8-10-22-11-9-18)17-16(20)14-6-4-5-7-15(14)21-2/h4-7,13,19H,3,8-12H2,1-2H3. The molecule has 6 nitrogen and oxygen atoms in total. The van der Waals surface area contributed by atoms with Crippen molar-refractivity contribution in [2.45, 2.75) is 19.4 Å². The highest BCUT2D eigenvalue weighted by atomic mass is 16.5. The Morgan fingerprint density at radius 1 is 1.41 bits per heavy atom. The lowest BCUT2D eigenvalue weighted by Crippen LogP contribution is -2.55. The molecule has 1 fully saturated rings. The fourth-order valence-electron chi connectivity index (χ4n) is 2.60. The summed E-state index contributed by atoms with van der Waals surface area (Å²) in [6, 6.07) is 7.05. The third kappa shape index (κ3) is 3.97. The summed E-state index contributed by atoms with van der Waals surface area (Å²) in [4.78, 5) is 0. The maximum atomic E-state index is 12.6. The molecule has 1 aromatic rings. The Bertz CT molecular complexity index is 513. The molecule has 1 aliphatic heterocycles. The molecule has 0 radical (unpaired) electrons. The number of nitrogens with zero attached hydrogens (tertiary/aromatic N) is 2. The quantitative estimate of drug-likeness (QED) is 0.467. The second-order valence-corrected chi connectivity index (χ2v) is 5.50. The van der Waals surface area contributed by atoms with Gasteiger partial charge in [0.15, 0.2) is 0 Å². The van der Waals surface area contributed by atoms with Gasteiger partial charge in [0.05, 0.1) is 26.2 Å². The van der Waals surface area contributed by atoms with Crippen LogP contribution in [-0.4, -0.2) is 61.7 Å². The van der Waals surface area contributed by atoms with Crippen LogP contribution in [0.15, 0.2) is 29.4 Å². The van der Waals surface area contributed by atoms with E-state index in [1.165, 1.54) is 7.11 Å². The molecule has 1 aromatic carbocycles. The normalized spacial score (nSPS) is 19.7. The highest BCUT2D eigenvalue weighted by Gasteiger charge is 2.33. The Morgan fingerprint density at radius 2 is 2.09 bits per heavy atom. The lowest BCUT2D eigenvalue weighted by Gasteiger charge is -2.38. The molecule has 1 saturated heterocycles. The van der Waals surface area contributed by atoms with Gasteiger partial charge in [0.2, 0.25) is 0 Å². The van der Waals surface area contributed by atoms with E-state index in [0.717, 1.165) is 0 Å². The molecule has 0 spiro atoms. The number of hydrogen-bond acceptors (Lipinski definition) is 5. The second-order valence-electron chi connectivity index (χ2n) is 5.50. The van der Waals surface area contributed by atoms with Gasteiger partial charge >= 0.3 is 0 Å². The van der Waals surface area contributed by atoms with Crippen molar-refractivity contribution in [3.8, 4) is 5.75 Å². The smallest absolute Gasteiger partial charge is 0.129 e. The van der Waals surface area contributed by atoms with Gasteiger partial charge in [-0.05, 0) is 12.5 Å². The minimum atomic E-state index is -0.479. The second kappa shape index (κ2) is 7.58. The highest BCUT2D eigenvalue weighted by Crippen LogP contribution is 2.20. The molecule has 1 N–H and O–H groups in total. The average molecular weight is 308 g/mol. The Morgan fingerprint density at radius 3 is 2.73 bits per heavy atom. The van der Waals surface area contributed by atoms with Gasteiger partial charge in [-0.3, -0.25) is 0 Å². The van der Waals surface area contributed by atoms with E-state index < -0.39 is 6.10 Å². The van der Waals surface area contributed by atoms with Crippen LogP contribution in [0, 0.1) is 0 Å². The zero-order valence-electron chi connectivity index (χ0n) is 13.2. The van der Waals surface area contributed by atoms with Gasteiger partial charge in [0.1, 0.15) is 31.5 Å². The van der Waals surface area contributed by atoms with Crippen LogP contribution < -0.4 is 9.84 Å². The Kier molecular flexibility index (Phi) is 5.76. The van der Waals surface area contributed by atoms with Gasteiger partial charge in [0.25, 0.3) is 0 Å². The van der Waals surface area contributed by atoms with Gasteiger partial charge in [-0.2, -0.15) is 4.59 Å². The molecule has 0 aromatic heterocycles. The molecule has 1 heterocycles. The van der Waals surface area contributed by atoms with Crippen LogP contribution in [0.2, 0.25) is 0 Å². The summed E-state index contributed by atoms with van der Waals surface area (Å²) in [5.41, 5.74) is 0.444. The maximum Gasteiger partial charge on any atom is 0.129 e. The largest absolute Gasteiger partial charge is 0.854 e. The van der Waals surface area contributed by atoms with Gasteiger partial charge < -0.3 is 19.7 Å². The number of benzene rings is 1. The van der Waals surface area contributed by atoms with Crippen LogP contribution in [0.3, 0.4) is 0 Å². The first-order valence-electron chi connectivity index (χ1n) is 7.63. The molecule has 1 aliphatic rings. The van der Waals surface area contributed by atoms with Crippen molar-refractivity contribution in [3.63, 3.8) is 0 Å². The van der Waals surface area contributed by atoms with Crippen molar-refractivity contribution in [2.75, 3.05) is 40.0 Å². The monoisotopic (exact) mass is 308 g/mol. The third-order valence-electron chi connectivity index (χ3n) is 3.97. The van der Waals surface area contributed by atoms with E-state index in [4.69, 9.17) is 9.47 Å². The first-order valence-corrected chi connectivity index (χ1v) is 7.63. The minimum absolute atomic E-state index is 0.214. The van der Waals surface area contributed by atoms with Crippen LogP contribution in [-0.2, 0) is 4.74 Å². The van der Waals surface area contributed by atoms with Gasteiger partial charge in [-0.25, -0.2) is 0 Å². The Labute approximate surface area is 131 Å². The lowest BCUT2D eigenvalue weighted by atomic mass is 10.2. The average Bonchev–Trinajstić information content (AvgIpc) is 2.55. The molecule has 1 unspecified atom stereocenters. The number of methoxy groups -OCH3 is 1. The van der Waals surface area contributed by atoms with Crippen molar-refractivity contribution in [1.82, 2.24) is 0 Å². The van der Waals surface area contributed by atoms with E-state index in [9.17, 15) is 10.2 Å². The molecule has 0 bridgehead atoms. The summed E-state index contributed by atoms with van der Waals surface area (Å²) in [7, 11) is 1.53. The van der Waals surface area contributed by atoms with Crippen molar-refractivity contribution >= 4 is 5.90 Å². The molecule has 1 atom stereocenters. The van der Waals surface area contributed by atoms with Crippen LogP contribution in [0.25, 0.3) is 0 Å². The molecule has 6 heteroatoms. The molecular formula is C16H24N2O4. The maximum absolute atomic E-state index is 12.6. The molecule has 22 heavy (non-hydrogen) atoms. The van der Waals surface area contributed by atoms with Gasteiger partial charge in [-0.1, -0.05) is 30.2 Å². The van der Waals surface area contributed by atoms with Gasteiger partial charge in [-0.15, -0.1) is 0 Å². The molecule has 2 rings (SSSR count). The Balaban J connectivity index is 2.31. The predicted molar refractivity (Wildman–Crippen MR) is 81.5 cm³/mol. The number of ether oxygens (including phenoxy) is 2. The van der Waals surface area contributed by atoms with E-state index in [0.29, 0.717) is 50.6 Å². The van der Waals surface area contributed by atoms with Crippen LogP contribution >= 0.6 is 0 Å². The fourth-order valence-corrected chi connectivity index (χ4v) is 2.60. The molecule has 0 amide bonds. The number of hydrogen-bond donors (Lipinski definition) is 1. The first-order chi connectivity index (χ1) is 10.6. The van der Waals surface area contributed by atoms with Crippen LogP contribution in [0.4, 0.5) is 0 Å². The fraction of sp³-hybridized carbons (Fsp3) is 0.562. The zero-order valence-corrected chi connectivity index (χ0v) is 13.2. The van der Waals surface area contributed by atoms with Crippen molar-refractivity contribution < 1.29 is 24.3 Å². The number of aliphatic hydroxyl groups is 1. The van der Waals surface area contributed by atoms with Crippen molar-refractivity contribution in [2.24, 2.45) is 5.10 Å². The topological polar surface area (TPSA) is 74.1 Å². The molecule has 122 valence electrons. The van der Waals surface area contributed by atoms with Crippen LogP contribution in [0.1, 0.15) is 18.9 Å². The van der Waals surface area contributed by atoms with E-state index >= 15 is 0 Å². The summed E-state index contributed by atoms with van der Waals surface area (Å²) in [5.74, 6) is 0.196. The summed E-state index contributed by atoms with van der Waals surface area (Å²) in [6.07, 6.45) is 0.159. The van der Waals surface area contributed by atoms with E-state index in [1.807, 2.05) is 13.0 Å². The van der Waals surface area contributed by atoms with Crippen molar-refractivity contribution in [3.05, 3.63) is 29.8 Å². The predicted octanol–water partition coefficient (Wildman–Crippen LogP) is 0.335. The van der Waals surface area contributed by atoms with E-state index in [1.54, 1.807) is 18.2 Å². The van der Waals surface area contributed by atoms with Crippen molar-refractivity contribution in [1.29, 1.82) is 0 Å². The first kappa shape index (κ1) is 16.7. The number of aliphatic hydroxyl groups excluding tert-OH is 1. The van der Waals surface area contributed by atoms with E-state index in [-0.39, 0.29) is 10.5 Å². The SMILES string of the molecule is CCC(O)C[N+]1(/N=C(\[O-])c2ccccc2OC)CCOCC1. The lowest BCUT2D eigenvalue weighted by molar-refractivity contribution is -0.945. The molecule has 0 aliphatic carbocycles. The third-order valence-corrected chi connectivity index (χ3v) is 3.97. The summed E-state index contributed by atoms with van der Waals surface area (Å²) in [5, 5.41) is 27.0. The van der Waals surface area contributed by atoms with E-state index in [2.05, 4.69) is 5.10 Å². The van der Waals surface area contributed by atoms with Crippen LogP contribution in [0.5, 0.6) is 5.75 Å². The summed E-state index contributed by atoms with van der Waals surface area (Å²) in [6.45, 7) is 4.62. The number of quaternary nitrogens is 1. The summed E-state index contributed by atoms with van der Waals surface area (Å²) < 4.78 is 10.8. The number of rotatable bonds is 6. The zero-order chi connectivity index (χ0) is 16.0.